The summed E-state index contributed by atoms with van der Waals surface area (Å²) in [6.45, 7) is 0.501. The second-order valence-electron chi connectivity index (χ2n) is 3.76. The average molecular weight is 257 g/mol. The molecule has 18 heavy (non-hydrogen) atoms. The third-order valence-electron chi connectivity index (χ3n) is 2.50. The van der Waals surface area contributed by atoms with Crippen LogP contribution in [0.1, 0.15) is 5.56 Å². The van der Waals surface area contributed by atoms with Gasteiger partial charge in [0.1, 0.15) is 10.5 Å². The molecule has 0 bridgehead atoms. The fourth-order valence-corrected chi connectivity index (χ4v) is 2.27. The van der Waals surface area contributed by atoms with Gasteiger partial charge in [0.15, 0.2) is 5.58 Å². The molecule has 2 heterocycles. The van der Waals surface area contributed by atoms with E-state index < -0.39 is 0 Å². The first-order valence-electron chi connectivity index (χ1n) is 5.53. The van der Waals surface area contributed by atoms with Crippen molar-refractivity contribution in [3.05, 3.63) is 48.2 Å². The van der Waals surface area contributed by atoms with Crippen LogP contribution in [0.5, 0.6) is 0 Å². The number of pyridine rings is 1. The lowest BCUT2D eigenvalue weighted by Gasteiger charge is -1.97. The smallest absolute Gasteiger partial charge is 0.263 e. The van der Waals surface area contributed by atoms with Gasteiger partial charge in [0.05, 0.1) is 0 Å². The third kappa shape index (κ3) is 2.23. The van der Waals surface area contributed by atoms with Crippen LogP contribution in [0.25, 0.3) is 11.1 Å². The summed E-state index contributed by atoms with van der Waals surface area (Å²) in [7, 11) is 0. The number of nitrogens with two attached hydrogens (primary N) is 1. The van der Waals surface area contributed by atoms with E-state index in [9.17, 15) is 0 Å². The van der Waals surface area contributed by atoms with Crippen molar-refractivity contribution in [3.8, 4) is 0 Å². The quantitative estimate of drug-likeness (QED) is 0.781. The predicted octanol–water partition coefficient (Wildman–Crippen LogP) is 2.83. The molecule has 2 aromatic heterocycles. The lowest BCUT2D eigenvalue weighted by Crippen LogP contribution is -1.96. The Morgan fingerprint density at radius 3 is 2.78 bits per heavy atom. The van der Waals surface area contributed by atoms with E-state index in [0.717, 1.165) is 21.7 Å². The largest absolute Gasteiger partial charge is 0.431 e. The van der Waals surface area contributed by atoms with Crippen molar-refractivity contribution < 1.29 is 4.42 Å². The fraction of sp³-hybridized carbons (Fsp3) is 0.0769. The minimum atomic E-state index is 0.501. The van der Waals surface area contributed by atoms with Crippen LogP contribution in [0.2, 0.25) is 0 Å². The summed E-state index contributed by atoms with van der Waals surface area (Å²) in [5, 5.41) is 1.45. The van der Waals surface area contributed by atoms with Crippen molar-refractivity contribution in [1.29, 1.82) is 0 Å². The molecule has 0 spiro atoms. The van der Waals surface area contributed by atoms with Gasteiger partial charge in [-0.3, -0.25) is 0 Å². The number of benzene rings is 1. The van der Waals surface area contributed by atoms with Crippen molar-refractivity contribution in [2.24, 2.45) is 5.73 Å². The third-order valence-corrected chi connectivity index (χ3v) is 3.30. The van der Waals surface area contributed by atoms with Crippen LogP contribution in [0, 0.1) is 0 Å². The van der Waals surface area contributed by atoms with Gasteiger partial charge >= 0.3 is 0 Å². The molecule has 0 aliphatic rings. The van der Waals surface area contributed by atoms with Crippen molar-refractivity contribution >= 4 is 22.9 Å². The van der Waals surface area contributed by atoms with E-state index in [4.69, 9.17) is 10.2 Å². The Balaban J connectivity index is 1.86. The maximum absolute atomic E-state index is 5.62. The molecule has 90 valence electrons. The molecule has 0 atom stereocenters. The number of para-hydroxylation sites is 2. The van der Waals surface area contributed by atoms with E-state index in [1.807, 2.05) is 36.4 Å². The van der Waals surface area contributed by atoms with Gasteiger partial charge in [0.25, 0.3) is 5.22 Å². The van der Waals surface area contributed by atoms with Crippen molar-refractivity contribution in [2.75, 3.05) is 0 Å². The summed E-state index contributed by atoms with van der Waals surface area (Å²) in [4.78, 5) is 8.68. The van der Waals surface area contributed by atoms with Crippen LogP contribution in [0.3, 0.4) is 0 Å². The molecule has 0 unspecified atom stereocenters. The maximum Gasteiger partial charge on any atom is 0.263 e. The van der Waals surface area contributed by atoms with E-state index in [0.29, 0.717) is 11.8 Å². The molecule has 0 saturated heterocycles. The van der Waals surface area contributed by atoms with E-state index in [2.05, 4.69) is 9.97 Å². The van der Waals surface area contributed by atoms with E-state index in [1.54, 1.807) is 6.20 Å². The molecule has 0 radical (unpaired) electrons. The lowest BCUT2D eigenvalue weighted by atomic mass is 10.3. The molecule has 0 saturated carbocycles. The molecule has 0 aliphatic heterocycles. The number of fused-ring (bicyclic) bond motifs is 1. The number of rotatable bonds is 3. The van der Waals surface area contributed by atoms with E-state index in [1.165, 1.54) is 11.8 Å². The first-order chi connectivity index (χ1) is 8.85. The molecule has 0 fully saturated rings. The molecule has 3 aromatic rings. The van der Waals surface area contributed by atoms with Gasteiger partial charge in [-0.25, -0.2) is 9.97 Å². The summed E-state index contributed by atoms with van der Waals surface area (Å²) in [5.41, 5.74) is 8.19. The normalized spacial score (nSPS) is 10.9. The highest BCUT2D eigenvalue weighted by molar-refractivity contribution is 7.99. The van der Waals surface area contributed by atoms with Crippen LogP contribution < -0.4 is 5.73 Å². The van der Waals surface area contributed by atoms with Crippen LogP contribution in [-0.2, 0) is 6.54 Å². The number of oxazole rings is 1. The highest BCUT2D eigenvalue weighted by atomic mass is 32.2. The first-order valence-corrected chi connectivity index (χ1v) is 6.35. The van der Waals surface area contributed by atoms with Crippen LogP contribution in [0.15, 0.2) is 57.3 Å². The molecule has 0 aliphatic carbocycles. The average Bonchev–Trinajstić information content (AvgIpc) is 2.82. The van der Waals surface area contributed by atoms with Crippen LogP contribution in [-0.4, -0.2) is 9.97 Å². The first kappa shape index (κ1) is 11.3. The van der Waals surface area contributed by atoms with Gasteiger partial charge in [-0.15, -0.1) is 0 Å². The summed E-state index contributed by atoms with van der Waals surface area (Å²) in [5.74, 6) is 0. The molecule has 2 N–H and O–H groups in total. The van der Waals surface area contributed by atoms with Crippen molar-refractivity contribution in [1.82, 2.24) is 9.97 Å². The zero-order valence-electron chi connectivity index (χ0n) is 9.54. The summed E-state index contributed by atoms with van der Waals surface area (Å²) < 4.78 is 5.62. The minimum Gasteiger partial charge on any atom is -0.431 e. The van der Waals surface area contributed by atoms with Crippen LogP contribution >= 0.6 is 11.8 Å². The molecule has 4 nitrogen and oxygen atoms in total. The topological polar surface area (TPSA) is 64.9 Å². The molecule has 0 amide bonds. The number of hydrogen-bond acceptors (Lipinski definition) is 5. The minimum absolute atomic E-state index is 0.501. The number of nitrogens with zero attached hydrogens (tertiary/aromatic N) is 2. The van der Waals surface area contributed by atoms with E-state index in [-0.39, 0.29) is 0 Å². The van der Waals surface area contributed by atoms with Gasteiger partial charge < -0.3 is 10.2 Å². The Labute approximate surface area is 108 Å². The Morgan fingerprint density at radius 2 is 2.06 bits per heavy atom. The van der Waals surface area contributed by atoms with Gasteiger partial charge in [-0.05, 0) is 35.5 Å². The molecular weight excluding hydrogens is 246 g/mol. The zero-order chi connectivity index (χ0) is 12.4. The van der Waals surface area contributed by atoms with Crippen molar-refractivity contribution in [2.45, 2.75) is 16.8 Å². The predicted molar refractivity (Wildman–Crippen MR) is 70.3 cm³/mol. The lowest BCUT2D eigenvalue weighted by molar-refractivity contribution is 0.489. The van der Waals surface area contributed by atoms with E-state index >= 15 is 0 Å². The number of hydrogen-bond donors (Lipinski definition) is 1. The van der Waals surface area contributed by atoms with Gasteiger partial charge in [0.2, 0.25) is 0 Å². The summed E-state index contributed by atoms with van der Waals surface area (Å²) in [6.07, 6.45) is 1.77. The Kier molecular flexibility index (Phi) is 3.00. The molecule has 5 heteroatoms. The summed E-state index contributed by atoms with van der Waals surface area (Å²) in [6, 6.07) is 11.6. The Morgan fingerprint density at radius 1 is 1.17 bits per heavy atom. The van der Waals surface area contributed by atoms with Crippen molar-refractivity contribution in [3.63, 3.8) is 0 Å². The second-order valence-corrected chi connectivity index (χ2v) is 4.73. The molecular formula is C13H11N3OS. The van der Waals surface area contributed by atoms with Gasteiger partial charge in [-0.1, -0.05) is 18.2 Å². The highest BCUT2D eigenvalue weighted by Gasteiger charge is 2.07. The Bertz CT molecular complexity index is 630. The molecule has 1 aromatic carbocycles. The van der Waals surface area contributed by atoms with Crippen LogP contribution in [0.4, 0.5) is 0 Å². The summed E-state index contributed by atoms with van der Waals surface area (Å²) >= 11 is 1.40. The zero-order valence-corrected chi connectivity index (χ0v) is 10.4. The maximum atomic E-state index is 5.62. The Hall–Kier alpha value is -1.85. The second kappa shape index (κ2) is 4.80. The fourth-order valence-electron chi connectivity index (χ4n) is 1.58. The van der Waals surface area contributed by atoms with Gasteiger partial charge in [0, 0.05) is 12.7 Å². The van der Waals surface area contributed by atoms with Gasteiger partial charge in [-0.2, -0.15) is 0 Å². The standard InChI is InChI=1S/C13H11N3OS/c14-7-9-5-6-12(15-8-9)18-13-16-10-3-1-2-4-11(10)17-13/h1-6,8H,7,14H2. The highest BCUT2D eigenvalue weighted by Crippen LogP contribution is 2.28. The monoisotopic (exact) mass is 257 g/mol. The molecule has 3 rings (SSSR count). The SMILES string of the molecule is NCc1ccc(Sc2nc3ccccc3o2)nc1. The number of aromatic nitrogens is 2.